The van der Waals surface area contributed by atoms with Crippen LogP contribution in [0.4, 0.5) is 0 Å². The van der Waals surface area contributed by atoms with Gasteiger partial charge in [0.05, 0.1) is 17.6 Å². The monoisotopic (exact) mass is 436 g/mol. The molecule has 1 heterocycles. The third kappa shape index (κ3) is 4.32. The van der Waals surface area contributed by atoms with Crippen molar-refractivity contribution in [1.29, 1.82) is 0 Å². The van der Waals surface area contributed by atoms with Crippen molar-refractivity contribution in [2.75, 3.05) is 12.5 Å². The molecule has 152 valence electrons. The molecule has 3 aromatic carbocycles. The number of benzene rings is 3. The van der Waals surface area contributed by atoms with Gasteiger partial charge < -0.3 is 9.84 Å². The van der Waals surface area contributed by atoms with Crippen LogP contribution in [0.3, 0.4) is 0 Å². The van der Waals surface area contributed by atoms with E-state index >= 15 is 0 Å². The molecule has 4 aromatic rings. The zero-order valence-corrected chi connectivity index (χ0v) is 18.1. The predicted molar refractivity (Wildman–Crippen MR) is 124 cm³/mol. The van der Waals surface area contributed by atoms with Crippen molar-refractivity contribution in [3.05, 3.63) is 83.4 Å². The molecule has 0 radical (unpaired) electrons. The molecule has 0 aliphatic heterocycles. The highest BCUT2D eigenvalue weighted by molar-refractivity contribution is 7.00. The van der Waals surface area contributed by atoms with Crippen molar-refractivity contribution in [2.24, 2.45) is 0 Å². The molecule has 0 atom stereocenters. The molecule has 0 saturated heterocycles. The number of nitrogens with zero attached hydrogens (tertiary/aromatic N) is 2. The highest BCUT2D eigenvalue weighted by Crippen LogP contribution is 2.36. The Bertz CT molecular complexity index is 1170. The minimum absolute atomic E-state index is 0.246. The van der Waals surface area contributed by atoms with E-state index in [2.05, 4.69) is 39.9 Å². The highest BCUT2D eigenvalue weighted by Gasteiger charge is 2.14. The summed E-state index contributed by atoms with van der Waals surface area (Å²) in [5, 5.41) is 9.78. The number of aromatic nitrogens is 2. The largest absolute Gasteiger partial charge is 0.508 e. The van der Waals surface area contributed by atoms with E-state index in [9.17, 15) is 5.11 Å². The van der Waals surface area contributed by atoms with Crippen molar-refractivity contribution in [2.45, 2.75) is 13.3 Å². The second kappa shape index (κ2) is 9.28. The Morgan fingerprint density at radius 2 is 1.53 bits per heavy atom. The number of hydrogen-bond donors (Lipinski definition) is 1. The van der Waals surface area contributed by atoms with Crippen molar-refractivity contribution >= 4 is 45.5 Å². The molecule has 0 fully saturated rings. The van der Waals surface area contributed by atoms with Gasteiger partial charge in [-0.05, 0) is 70.7 Å². The van der Waals surface area contributed by atoms with Crippen LogP contribution in [0, 0.1) is 0 Å². The zero-order chi connectivity index (χ0) is 20.9. The summed E-state index contributed by atoms with van der Waals surface area (Å²) in [6.07, 6.45) is 0.837. The first kappa shape index (κ1) is 20.4. The number of alkyl halides is 1. The first-order valence-corrected chi connectivity index (χ1v) is 11.0. The normalized spacial score (nSPS) is 12.1. The van der Waals surface area contributed by atoms with E-state index in [1.54, 1.807) is 12.1 Å². The van der Waals surface area contributed by atoms with Crippen molar-refractivity contribution < 1.29 is 9.84 Å². The van der Waals surface area contributed by atoms with E-state index < -0.39 is 0 Å². The lowest BCUT2D eigenvalue weighted by Crippen LogP contribution is -1.99. The average molecular weight is 437 g/mol. The lowest BCUT2D eigenvalue weighted by Gasteiger charge is -2.17. The lowest BCUT2D eigenvalue weighted by atomic mass is 9.88. The quantitative estimate of drug-likeness (QED) is 0.269. The summed E-state index contributed by atoms with van der Waals surface area (Å²) in [7, 11) is 0. The Hall–Kier alpha value is -2.89. The molecule has 1 N–H and O–H groups in total. The topological polar surface area (TPSA) is 55.2 Å². The fourth-order valence-corrected chi connectivity index (χ4v) is 4.11. The molecule has 1 aromatic heterocycles. The molecule has 0 amide bonds. The van der Waals surface area contributed by atoms with Crippen LogP contribution in [-0.4, -0.2) is 26.3 Å². The smallest absolute Gasteiger partial charge is 0.119 e. The average Bonchev–Trinajstić information content (AvgIpc) is 3.25. The summed E-state index contributed by atoms with van der Waals surface area (Å²) in [4.78, 5) is 0. The second-order valence-electron chi connectivity index (χ2n) is 6.78. The van der Waals surface area contributed by atoms with Crippen LogP contribution >= 0.6 is 23.3 Å². The van der Waals surface area contributed by atoms with E-state index in [-0.39, 0.29) is 5.75 Å². The van der Waals surface area contributed by atoms with Crippen LogP contribution < -0.4 is 4.74 Å². The minimum atomic E-state index is 0.246. The molecule has 0 bridgehead atoms. The maximum atomic E-state index is 9.78. The van der Waals surface area contributed by atoms with Crippen molar-refractivity contribution in [3.63, 3.8) is 0 Å². The van der Waals surface area contributed by atoms with Gasteiger partial charge in [0.15, 0.2) is 0 Å². The van der Waals surface area contributed by atoms with Crippen LogP contribution in [0.15, 0.2) is 66.7 Å². The van der Waals surface area contributed by atoms with Gasteiger partial charge >= 0.3 is 0 Å². The van der Waals surface area contributed by atoms with Gasteiger partial charge in [0.1, 0.15) is 29.1 Å². The summed E-state index contributed by atoms with van der Waals surface area (Å²) in [6.45, 7) is 2.63. The fourth-order valence-electron chi connectivity index (χ4n) is 3.51. The molecule has 0 aliphatic rings. The number of phenolic OH excluding ortho intramolecular Hbond substituents is 1. The molecule has 6 heteroatoms. The van der Waals surface area contributed by atoms with Crippen LogP contribution in [0.25, 0.3) is 22.2 Å². The number of ether oxygens (including phenoxy) is 1. The molecule has 4 nitrogen and oxygen atoms in total. The molecule has 30 heavy (non-hydrogen) atoms. The van der Waals surface area contributed by atoms with Gasteiger partial charge in [-0.1, -0.05) is 37.3 Å². The number of allylic oxidation sites excluding steroid dienone is 1. The molecule has 0 spiro atoms. The summed E-state index contributed by atoms with van der Waals surface area (Å²) in [5.41, 5.74) is 7.35. The number of hydrogen-bond acceptors (Lipinski definition) is 5. The Labute approximate surface area is 184 Å². The fraction of sp³-hybridized carbons (Fsp3) is 0.167. The summed E-state index contributed by atoms with van der Waals surface area (Å²) in [6, 6.07) is 21.6. The Morgan fingerprint density at radius 3 is 2.20 bits per heavy atom. The van der Waals surface area contributed by atoms with Crippen LogP contribution in [0.5, 0.6) is 11.5 Å². The van der Waals surface area contributed by atoms with Gasteiger partial charge in [0.25, 0.3) is 0 Å². The van der Waals surface area contributed by atoms with E-state index in [0.717, 1.165) is 45.5 Å². The number of aromatic hydroxyl groups is 1. The maximum Gasteiger partial charge on any atom is 0.119 e. The van der Waals surface area contributed by atoms with Crippen molar-refractivity contribution in [3.8, 4) is 11.5 Å². The second-order valence-corrected chi connectivity index (χ2v) is 7.69. The standard InChI is InChI=1S/C24H21ClN2O2S/c1-2-21(18-7-12-22-23(15-18)27-30-26-22)24(16-3-8-19(28)9-4-16)17-5-10-20(11-6-17)29-14-13-25/h3-12,15,28H,2,13-14H2,1H3/b24-21-. The molecule has 0 saturated carbocycles. The summed E-state index contributed by atoms with van der Waals surface area (Å²) >= 11 is 6.95. The maximum absolute atomic E-state index is 9.78. The minimum Gasteiger partial charge on any atom is -0.508 e. The van der Waals surface area contributed by atoms with Crippen molar-refractivity contribution in [1.82, 2.24) is 8.75 Å². The third-order valence-corrected chi connectivity index (χ3v) is 5.61. The molecular weight excluding hydrogens is 416 g/mol. The Kier molecular flexibility index (Phi) is 6.31. The van der Waals surface area contributed by atoms with Gasteiger partial charge in [0.2, 0.25) is 0 Å². The van der Waals surface area contributed by atoms with Gasteiger partial charge in [-0.3, -0.25) is 0 Å². The van der Waals surface area contributed by atoms with Crippen LogP contribution in [0.1, 0.15) is 30.0 Å². The van der Waals surface area contributed by atoms with Crippen LogP contribution in [0.2, 0.25) is 0 Å². The molecular formula is C24H21ClN2O2S. The van der Waals surface area contributed by atoms with E-state index in [4.69, 9.17) is 16.3 Å². The molecule has 0 unspecified atom stereocenters. The van der Waals surface area contributed by atoms with Gasteiger partial charge in [-0.15, -0.1) is 11.6 Å². The molecule has 4 rings (SSSR count). The number of phenols is 1. The first-order chi connectivity index (χ1) is 14.7. The van der Waals surface area contributed by atoms with E-state index in [1.165, 1.54) is 17.3 Å². The van der Waals surface area contributed by atoms with E-state index in [1.807, 2.05) is 30.3 Å². The van der Waals surface area contributed by atoms with Gasteiger partial charge in [0, 0.05) is 0 Å². The predicted octanol–water partition coefficient (Wildman–Crippen LogP) is 6.38. The van der Waals surface area contributed by atoms with Gasteiger partial charge in [-0.2, -0.15) is 8.75 Å². The lowest BCUT2D eigenvalue weighted by molar-refractivity contribution is 0.343. The highest BCUT2D eigenvalue weighted by atomic mass is 35.5. The number of rotatable bonds is 7. The summed E-state index contributed by atoms with van der Waals surface area (Å²) < 4.78 is 14.3. The summed E-state index contributed by atoms with van der Waals surface area (Å²) in [5.74, 6) is 1.49. The third-order valence-electron chi connectivity index (χ3n) is 4.90. The Morgan fingerprint density at radius 1 is 0.900 bits per heavy atom. The van der Waals surface area contributed by atoms with Gasteiger partial charge in [-0.25, -0.2) is 0 Å². The molecule has 0 aliphatic carbocycles. The SMILES string of the molecule is CC/C(=C(\c1ccc(O)cc1)c1ccc(OCCCl)cc1)c1ccc2nsnc2c1. The number of halogens is 1. The van der Waals surface area contributed by atoms with E-state index in [0.29, 0.717) is 12.5 Å². The Balaban J connectivity index is 1.87. The zero-order valence-electron chi connectivity index (χ0n) is 16.5. The first-order valence-electron chi connectivity index (χ1n) is 9.74. The number of fused-ring (bicyclic) bond motifs is 1. The van der Waals surface area contributed by atoms with Crippen LogP contribution in [-0.2, 0) is 0 Å².